The highest BCUT2D eigenvalue weighted by Gasteiger charge is 2.21. The fourth-order valence-corrected chi connectivity index (χ4v) is 2.25. The molecule has 0 atom stereocenters. The molecular formula is C14H19N3O4. The first kappa shape index (κ1) is 15.0. The van der Waals surface area contributed by atoms with Crippen LogP contribution in [-0.2, 0) is 4.79 Å². The molecule has 0 aliphatic carbocycles. The molecule has 0 aromatic heterocycles. The molecule has 2 amide bonds. The van der Waals surface area contributed by atoms with Crippen molar-refractivity contribution < 1.29 is 19.8 Å². The van der Waals surface area contributed by atoms with Crippen LogP contribution >= 0.6 is 0 Å². The van der Waals surface area contributed by atoms with Crippen molar-refractivity contribution in [1.29, 1.82) is 0 Å². The maximum atomic E-state index is 11.8. The van der Waals surface area contributed by atoms with Gasteiger partial charge < -0.3 is 25.3 Å². The van der Waals surface area contributed by atoms with E-state index in [9.17, 15) is 14.7 Å². The Kier molecular flexibility index (Phi) is 4.86. The molecule has 7 heteroatoms. The molecule has 3 N–H and O–H groups in total. The van der Waals surface area contributed by atoms with E-state index in [0.717, 1.165) is 5.69 Å². The van der Waals surface area contributed by atoms with E-state index in [1.807, 2.05) is 6.07 Å². The third-order valence-corrected chi connectivity index (χ3v) is 3.38. The summed E-state index contributed by atoms with van der Waals surface area (Å²) < 4.78 is 0. The minimum atomic E-state index is -0.927. The molecule has 0 saturated carbocycles. The third-order valence-electron chi connectivity index (χ3n) is 3.38. The number of benzene rings is 1. The van der Waals surface area contributed by atoms with Gasteiger partial charge in [-0.15, -0.1) is 0 Å². The monoisotopic (exact) mass is 293 g/mol. The summed E-state index contributed by atoms with van der Waals surface area (Å²) in [6.45, 7) is 2.62. The van der Waals surface area contributed by atoms with Crippen molar-refractivity contribution in [2.45, 2.75) is 6.42 Å². The van der Waals surface area contributed by atoms with Gasteiger partial charge in [0, 0.05) is 44.5 Å². The molecule has 1 aromatic carbocycles. The highest BCUT2D eigenvalue weighted by molar-refractivity contribution is 5.75. The van der Waals surface area contributed by atoms with Gasteiger partial charge in [0.1, 0.15) is 5.75 Å². The summed E-state index contributed by atoms with van der Waals surface area (Å²) in [5.74, 6) is -0.703. The zero-order chi connectivity index (χ0) is 15.2. The Balaban J connectivity index is 1.80. The molecule has 1 aliphatic heterocycles. The van der Waals surface area contributed by atoms with Crippen molar-refractivity contribution in [1.82, 2.24) is 10.2 Å². The summed E-state index contributed by atoms with van der Waals surface area (Å²) in [5.41, 5.74) is 0.931. The number of rotatable bonds is 4. The van der Waals surface area contributed by atoms with Gasteiger partial charge in [0.05, 0.1) is 6.42 Å². The van der Waals surface area contributed by atoms with Gasteiger partial charge >= 0.3 is 12.0 Å². The Morgan fingerprint density at radius 1 is 1.19 bits per heavy atom. The number of aromatic hydroxyl groups is 1. The summed E-state index contributed by atoms with van der Waals surface area (Å²) >= 11 is 0. The number of anilines is 1. The first-order chi connectivity index (χ1) is 10.1. The predicted octanol–water partition coefficient (Wildman–Crippen LogP) is 0.699. The number of piperazine rings is 1. The van der Waals surface area contributed by atoms with Crippen LogP contribution in [0, 0.1) is 0 Å². The van der Waals surface area contributed by atoms with Gasteiger partial charge in [0.25, 0.3) is 0 Å². The number of amides is 2. The standard InChI is InChI=1S/C14H19N3O4/c18-12-3-1-2-11(10-12)16-6-8-17(9-7-16)14(21)15-5-4-13(19)20/h1-3,10,18H,4-9H2,(H,15,21)(H,19,20). The summed E-state index contributed by atoms with van der Waals surface area (Å²) in [7, 11) is 0. The molecule has 0 spiro atoms. The van der Waals surface area contributed by atoms with E-state index in [0.29, 0.717) is 26.2 Å². The van der Waals surface area contributed by atoms with Crippen molar-refractivity contribution in [3.63, 3.8) is 0 Å². The number of phenols is 1. The molecule has 21 heavy (non-hydrogen) atoms. The lowest BCUT2D eigenvalue weighted by molar-refractivity contribution is -0.136. The first-order valence-corrected chi connectivity index (χ1v) is 6.85. The molecule has 1 saturated heterocycles. The van der Waals surface area contributed by atoms with Crippen LogP contribution in [0.2, 0.25) is 0 Å². The summed E-state index contributed by atoms with van der Waals surface area (Å²) in [5, 5.41) is 20.6. The smallest absolute Gasteiger partial charge is 0.317 e. The molecule has 1 heterocycles. The van der Waals surface area contributed by atoms with E-state index in [1.54, 1.807) is 23.1 Å². The minimum Gasteiger partial charge on any atom is -0.508 e. The highest BCUT2D eigenvalue weighted by atomic mass is 16.4. The molecule has 2 rings (SSSR count). The van der Waals surface area contributed by atoms with Crippen LogP contribution in [0.25, 0.3) is 0 Å². The van der Waals surface area contributed by atoms with E-state index in [1.165, 1.54) is 0 Å². The Labute approximate surface area is 122 Å². The lowest BCUT2D eigenvalue weighted by Gasteiger charge is -2.36. The van der Waals surface area contributed by atoms with E-state index >= 15 is 0 Å². The van der Waals surface area contributed by atoms with Crippen LogP contribution in [0.1, 0.15) is 6.42 Å². The van der Waals surface area contributed by atoms with Gasteiger partial charge in [-0.05, 0) is 12.1 Å². The fraction of sp³-hybridized carbons (Fsp3) is 0.429. The predicted molar refractivity (Wildman–Crippen MR) is 77.5 cm³/mol. The van der Waals surface area contributed by atoms with Crippen LogP contribution in [0.4, 0.5) is 10.5 Å². The number of phenolic OH excluding ortho intramolecular Hbond substituents is 1. The number of urea groups is 1. The summed E-state index contributed by atoms with van der Waals surface area (Å²) in [6.07, 6.45) is -0.0744. The van der Waals surface area contributed by atoms with Crippen LogP contribution in [-0.4, -0.2) is 59.8 Å². The van der Waals surface area contributed by atoms with Crippen molar-refractivity contribution in [3.8, 4) is 5.75 Å². The van der Waals surface area contributed by atoms with Crippen molar-refractivity contribution in [3.05, 3.63) is 24.3 Å². The fourth-order valence-electron chi connectivity index (χ4n) is 2.25. The maximum Gasteiger partial charge on any atom is 0.317 e. The molecular weight excluding hydrogens is 274 g/mol. The number of hydrogen-bond donors (Lipinski definition) is 3. The molecule has 1 aliphatic rings. The molecule has 7 nitrogen and oxygen atoms in total. The molecule has 0 unspecified atom stereocenters. The quantitative estimate of drug-likeness (QED) is 0.760. The van der Waals surface area contributed by atoms with Crippen LogP contribution in [0.5, 0.6) is 5.75 Å². The van der Waals surface area contributed by atoms with Crippen molar-refractivity contribution >= 4 is 17.7 Å². The second-order valence-electron chi connectivity index (χ2n) is 4.87. The zero-order valence-electron chi connectivity index (χ0n) is 11.7. The van der Waals surface area contributed by atoms with Gasteiger partial charge in [-0.3, -0.25) is 4.79 Å². The highest BCUT2D eigenvalue weighted by Crippen LogP contribution is 2.21. The Bertz CT molecular complexity index is 513. The molecule has 1 aromatic rings. The van der Waals surface area contributed by atoms with Crippen molar-refractivity contribution in [2.75, 3.05) is 37.6 Å². The Morgan fingerprint density at radius 3 is 2.52 bits per heavy atom. The number of carboxylic acids is 1. The second kappa shape index (κ2) is 6.83. The average Bonchev–Trinajstić information content (AvgIpc) is 2.47. The molecule has 114 valence electrons. The second-order valence-corrected chi connectivity index (χ2v) is 4.87. The van der Waals surface area contributed by atoms with Crippen molar-refractivity contribution in [2.24, 2.45) is 0 Å². The topological polar surface area (TPSA) is 93.1 Å². The van der Waals surface area contributed by atoms with Crippen LogP contribution in [0.3, 0.4) is 0 Å². The van der Waals surface area contributed by atoms with Gasteiger partial charge in [0.15, 0.2) is 0 Å². The number of hydrogen-bond acceptors (Lipinski definition) is 4. The maximum absolute atomic E-state index is 11.8. The lowest BCUT2D eigenvalue weighted by Crippen LogP contribution is -2.52. The zero-order valence-corrected chi connectivity index (χ0v) is 11.7. The van der Waals surface area contributed by atoms with Gasteiger partial charge in [-0.25, -0.2) is 4.79 Å². The SMILES string of the molecule is O=C(O)CCNC(=O)N1CCN(c2cccc(O)c2)CC1. The molecule has 0 bridgehead atoms. The van der Waals surface area contributed by atoms with Crippen LogP contribution < -0.4 is 10.2 Å². The normalized spacial score (nSPS) is 14.9. The number of carboxylic acid groups (broad SMARTS) is 1. The van der Waals surface area contributed by atoms with E-state index in [4.69, 9.17) is 5.11 Å². The van der Waals surface area contributed by atoms with Gasteiger partial charge in [0.2, 0.25) is 0 Å². The largest absolute Gasteiger partial charge is 0.508 e. The van der Waals surface area contributed by atoms with Crippen LogP contribution in [0.15, 0.2) is 24.3 Å². The number of carbonyl (C=O) groups is 2. The first-order valence-electron chi connectivity index (χ1n) is 6.85. The summed E-state index contributed by atoms with van der Waals surface area (Å²) in [4.78, 5) is 26.0. The number of nitrogens with zero attached hydrogens (tertiary/aromatic N) is 2. The number of carbonyl (C=O) groups excluding carboxylic acids is 1. The van der Waals surface area contributed by atoms with Gasteiger partial charge in [-0.1, -0.05) is 6.07 Å². The summed E-state index contributed by atoms with van der Waals surface area (Å²) in [6, 6.07) is 6.79. The Hall–Kier alpha value is -2.44. The van der Waals surface area contributed by atoms with E-state index in [2.05, 4.69) is 10.2 Å². The lowest BCUT2D eigenvalue weighted by atomic mass is 10.2. The third kappa shape index (κ3) is 4.27. The minimum absolute atomic E-state index is 0.0744. The van der Waals surface area contributed by atoms with E-state index < -0.39 is 5.97 Å². The number of aliphatic carboxylic acids is 1. The van der Waals surface area contributed by atoms with Gasteiger partial charge in [-0.2, -0.15) is 0 Å². The molecule has 1 fully saturated rings. The van der Waals surface area contributed by atoms with E-state index in [-0.39, 0.29) is 24.7 Å². The number of nitrogens with one attached hydrogen (secondary N) is 1. The molecule has 0 radical (unpaired) electrons. The Morgan fingerprint density at radius 2 is 1.90 bits per heavy atom. The average molecular weight is 293 g/mol.